The molecule has 0 amide bonds. The van der Waals surface area contributed by atoms with Crippen molar-refractivity contribution < 1.29 is 13.2 Å². The molecule has 0 atom stereocenters. The number of hydrogen-bond donors (Lipinski definition) is 1. The Kier molecular flexibility index (Phi) is 5.27. The molecule has 1 N–H and O–H groups in total. The van der Waals surface area contributed by atoms with Crippen LogP contribution >= 0.6 is 0 Å². The Morgan fingerprint density at radius 3 is 2.62 bits per heavy atom. The van der Waals surface area contributed by atoms with Crippen molar-refractivity contribution >= 4 is 10.0 Å². The molecular formula is C19H15N3O3S. The third-order valence-electron chi connectivity index (χ3n) is 3.52. The first-order valence-corrected chi connectivity index (χ1v) is 9.23. The number of pyridine rings is 1. The van der Waals surface area contributed by atoms with Gasteiger partial charge in [0.05, 0.1) is 10.5 Å². The third kappa shape index (κ3) is 4.25. The second-order valence-corrected chi connectivity index (χ2v) is 7.09. The van der Waals surface area contributed by atoms with Gasteiger partial charge in [-0.1, -0.05) is 30.3 Å². The van der Waals surface area contributed by atoms with E-state index in [-0.39, 0.29) is 17.0 Å². The van der Waals surface area contributed by atoms with Gasteiger partial charge in [-0.2, -0.15) is 5.26 Å². The fraction of sp³-hybridized carbons (Fsp3) is 0.0526. The van der Waals surface area contributed by atoms with Gasteiger partial charge in [0.2, 0.25) is 15.9 Å². The summed E-state index contributed by atoms with van der Waals surface area (Å²) >= 11 is 0. The zero-order chi connectivity index (χ0) is 18.4. The zero-order valence-corrected chi connectivity index (χ0v) is 14.5. The largest absolute Gasteiger partial charge is 0.439 e. The van der Waals surface area contributed by atoms with E-state index in [1.165, 1.54) is 12.1 Å². The lowest BCUT2D eigenvalue weighted by molar-refractivity contribution is 0.462. The minimum absolute atomic E-state index is 0.0385. The van der Waals surface area contributed by atoms with Crippen molar-refractivity contribution in [2.24, 2.45) is 0 Å². The van der Waals surface area contributed by atoms with E-state index in [2.05, 4.69) is 9.71 Å². The van der Waals surface area contributed by atoms with Gasteiger partial charge in [-0.25, -0.2) is 18.1 Å². The van der Waals surface area contributed by atoms with Gasteiger partial charge >= 0.3 is 0 Å². The van der Waals surface area contributed by atoms with Crippen molar-refractivity contribution in [1.29, 1.82) is 5.26 Å². The predicted octanol–water partition coefficient (Wildman–Crippen LogP) is 3.22. The van der Waals surface area contributed by atoms with Crippen LogP contribution < -0.4 is 9.46 Å². The second kappa shape index (κ2) is 7.78. The first-order chi connectivity index (χ1) is 12.6. The van der Waals surface area contributed by atoms with Gasteiger partial charge in [0.1, 0.15) is 11.8 Å². The number of sulfonamides is 1. The van der Waals surface area contributed by atoms with Crippen molar-refractivity contribution in [1.82, 2.24) is 9.71 Å². The van der Waals surface area contributed by atoms with E-state index in [1.54, 1.807) is 54.7 Å². The van der Waals surface area contributed by atoms with Gasteiger partial charge in [0, 0.05) is 18.8 Å². The first kappa shape index (κ1) is 17.6. The van der Waals surface area contributed by atoms with Crippen molar-refractivity contribution in [3.8, 4) is 17.7 Å². The van der Waals surface area contributed by atoms with Crippen LogP contribution in [0.1, 0.15) is 11.1 Å². The highest BCUT2D eigenvalue weighted by atomic mass is 32.2. The molecule has 0 aliphatic carbocycles. The molecule has 130 valence electrons. The highest BCUT2D eigenvalue weighted by Gasteiger charge is 2.17. The number of rotatable bonds is 6. The van der Waals surface area contributed by atoms with Crippen LogP contribution in [0.15, 0.2) is 77.8 Å². The Labute approximate surface area is 151 Å². The molecule has 7 heteroatoms. The van der Waals surface area contributed by atoms with E-state index in [0.29, 0.717) is 11.6 Å². The molecule has 0 radical (unpaired) electrons. The smallest absolute Gasteiger partial charge is 0.242 e. The van der Waals surface area contributed by atoms with E-state index in [0.717, 1.165) is 5.56 Å². The number of nitrogens with one attached hydrogen (secondary N) is 1. The molecule has 0 aliphatic rings. The maximum Gasteiger partial charge on any atom is 0.242 e. The standard InChI is InChI=1S/C19H15N3O3S/c20-13-16-7-1-2-9-18(16)26(23,24)22-14-15-6-5-8-17(12-15)25-19-10-3-4-11-21-19/h1-12,22H,14H2. The number of nitriles is 1. The number of ether oxygens (including phenoxy) is 1. The van der Waals surface area contributed by atoms with E-state index in [4.69, 9.17) is 10.00 Å². The number of nitrogens with zero attached hydrogens (tertiary/aromatic N) is 2. The summed E-state index contributed by atoms with van der Waals surface area (Å²) in [5, 5.41) is 9.08. The van der Waals surface area contributed by atoms with Gasteiger partial charge in [-0.15, -0.1) is 0 Å². The van der Waals surface area contributed by atoms with Crippen molar-refractivity contribution in [2.75, 3.05) is 0 Å². The minimum atomic E-state index is -3.80. The molecular weight excluding hydrogens is 350 g/mol. The predicted molar refractivity (Wildman–Crippen MR) is 95.9 cm³/mol. The van der Waals surface area contributed by atoms with Gasteiger partial charge < -0.3 is 4.74 Å². The summed E-state index contributed by atoms with van der Waals surface area (Å²) < 4.78 is 33.1. The van der Waals surface area contributed by atoms with Crippen molar-refractivity contribution in [3.05, 3.63) is 84.1 Å². The van der Waals surface area contributed by atoms with Crippen molar-refractivity contribution in [3.63, 3.8) is 0 Å². The van der Waals surface area contributed by atoms with Crippen LogP contribution in [-0.2, 0) is 16.6 Å². The molecule has 1 heterocycles. The summed E-state index contributed by atoms with van der Waals surface area (Å²) in [4.78, 5) is 4.04. The minimum Gasteiger partial charge on any atom is -0.439 e. The van der Waals surface area contributed by atoms with E-state index < -0.39 is 10.0 Å². The van der Waals surface area contributed by atoms with Crippen LogP contribution in [0.3, 0.4) is 0 Å². The fourth-order valence-corrected chi connectivity index (χ4v) is 3.47. The summed E-state index contributed by atoms with van der Waals surface area (Å²) in [5.74, 6) is 1.01. The van der Waals surface area contributed by atoms with Gasteiger partial charge in [0.25, 0.3) is 0 Å². The Balaban J connectivity index is 1.74. The molecule has 3 aromatic rings. The molecule has 0 bridgehead atoms. The van der Waals surface area contributed by atoms with Crippen LogP contribution in [0.2, 0.25) is 0 Å². The monoisotopic (exact) mass is 365 g/mol. The second-order valence-electron chi connectivity index (χ2n) is 5.35. The quantitative estimate of drug-likeness (QED) is 0.724. The van der Waals surface area contributed by atoms with Crippen LogP contribution in [0.25, 0.3) is 0 Å². The van der Waals surface area contributed by atoms with Gasteiger partial charge in [0.15, 0.2) is 0 Å². The summed E-state index contributed by atoms with van der Waals surface area (Å²) in [6, 6.07) is 20.3. The van der Waals surface area contributed by atoms with E-state index in [1.807, 2.05) is 12.1 Å². The SMILES string of the molecule is N#Cc1ccccc1S(=O)(=O)NCc1cccc(Oc2ccccn2)c1. The van der Waals surface area contributed by atoms with Crippen molar-refractivity contribution in [2.45, 2.75) is 11.4 Å². The molecule has 0 spiro atoms. The molecule has 3 rings (SSSR count). The van der Waals surface area contributed by atoms with Gasteiger partial charge in [-0.3, -0.25) is 0 Å². The molecule has 0 fully saturated rings. The average molecular weight is 365 g/mol. The maximum atomic E-state index is 12.5. The van der Waals surface area contributed by atoms with Crippen LogP contribution in [0.5, 0.6) is 11.6 Å². The molecule has 1 aromatic heterocycles. The van der Waals surface area contributed by atoms with Crippen LogP contribution in [-0.4, -0.2) is 13.4 Å². The summed E-state index contributed by atoms with van der Waals surface area (Å²) in [5.41, 5.74) is 0.823. The molecule has 0 saturated heterocycles. The van der Waals surface area contributed by atoms with E-state index in [9.17, 15) is 8.42 Å². The fourth-order valence-electron chi connectivity index (χ4n) is 2.30. The Bertz CT molecular complexity index is 1040. The normalized spacial score (nSPS) is 10.9. The topological polar surface area (TPSA) is 92.1 Å². The first-order valence-electron chi connectivity index (χ1n) is 7.75. The lowest BCUT2D eigenvalue weighted by atomic mass is 10.2. The highest BCUT2D eigenvalue weighted by Crippen LogP contribution is 2.20. The Morgan fingerprint density at radius 1 is 1.04 bits per heavy atom. The highest BCUT2D eigenvalue weighted by molar-refractivity contribution is 7.89. The van der Waals surface area contributed by atoms with Crippen LogP contribution in [0.4, 0.5) is 0 Å². The number of hydrogen-bond acceptors (Lipinski definition) is 5. The maximum absolute atomic E-state index is 12.5. The third-order valence-corrected chi connectivity index (χ3v) is 4.98. The summed E-state index contributed by atoms with van der Waals surface area (Å²) in [6.45, 7) is 0.0709. The molecule has 0 aliphatic heterocycles. The molecule has 0 unspecified atom stereocenters. The van der Waals surface area contributed by atoms with Gasteiger partial charge in [-0.05, 0) is 35.9 Å². The molecule has 2 aromatic carbocycles. The Morgan fingerprint density at radius 2 is 1.85 bits per heavy atom. The zero-order valence-electron chi connectivity index (χ0n) is 13.7. The average Bonchev–Trinajstić information content (AvgIpc) is 2.67. The van der Waals surface area contributed by atoms with E-state index >= 15 is 0 Å². The summed E-state index contributed by atoms with van der Waals surface area (Å²) in [6.07, 6.45) is 1.62. The summed E-state index contributed by atoms with van der Waals surface area (Å²) in [7, 11) is -3.80. The molecule has 0 saturated carbocycles. The van der Waals surface area contributed by atoms with Crippen LogP contribution in [0, 0.1) is 11.3 Å². The molecule has 26 heavy (non-hydrogen) atoms. The molecule has 6 nitrogen and oxygen atoms in total. The number of benzene rings is 2. The lowest BCUT2D eigenvalue weighted by Gasteiger charge is -2.10. The lowest BCUT2D eigenvalue weighted by Crippen LogP contribution is -2.24. The Hall–Kier alpha value is -3.21. The number of aromatic nitrogens is 1.